The molecular formula is C45H28N4S. The van der Waals surface area contributed by atoms with Crippen LogP contribution in [0.2, 0.25) is 0 Å². The van der Waals surface area contributed by atoms with Gasteiger partial charge in [0.1, 0.15) is 0 Å². The molecule has 0 amide bonds. The van der Waals surface area contributed by atoms with Crippen molar-refractivity contribution in [2.24, 2.45) is 0 Å². The van der Waals surface area contributed by atoms with Crippen molar-refractivity contribution in [1.82, 2.24) is 19.5 Å². The van der Waals surface area contributed by atoms with Crippen molar-refractivity contribution in [3.8, 4) is 51.0 Å². The van der Waals surface area contributed by atoms with Crippen LogP contribution in [-0.2, 0) is 0 Å². The highest BCUT2D eigenvalue weighted by atomic mass is 32.1. The number of thiophene rings is 1. The molecule has 3 aromatic heterocycles. The molecule has 0 fully saturated rings. The lowest BCUT2D eigenvalue weighted by Crippen LogP contribution is -2.01. The van der Waals surface area contributed by atoms with Crippen LogP contribution < -0.4 is 0 Å². The minimum atomic E-state index is -0.499. The van der Waals surface area contributed by atoms with E-state index >= 15 is 0 Å². The highest BCUT2D eigenvalue weighted by molar-refractivity contribution is 7.25. The Hall–Kier alpha value is -6.43. The van der Waals surface area contributed by atoms with Gasteiger partial charge in [0.05, 0.1) is 23.4 Å². The Morgan fingerprint density at radius 2 is 1.14 bits per heavy atom. The molecule has 0 saturated carbocycles. The van der Waals surface area contributed by atoms with E-state index in [9.17, 15) is 0 Å². The van der Waals surface area contributed by atoms with Gasteiger partial charge in [0.25, 0.3) is 0 Å². The normalized spacial score (nSPS) is 14.1. The molecule has 0 saturated heterocycles. The highest BCUT2D eigenvalue weighted by Gasteiger charge is 2.18. The molecule has 7 aromatic carbocycles. The van der Waals surface area contributed by atoms with E-state index in [-0.39, 0.29) is 41.3 Å². The number of hydrogen-bond donors (Lipinski definition) is 0. The van der Waals surface area contributed by atoms with Gasteiger partial charge in [-0.1, -0.05) is 121 Å². The summed E-state index contributed by atoms with van der Waals surface area (Å²) in [7, 11) is 0. The summed E-state index contributed by atoms with van der Waals surface area (Å²) >= 11 is 1.72. The maximum Gasteiger partial charge on any atom is 0.164 e. The predicted molar refractivity (Wildman–Crippen MR) is 209 cm³/mol. The molecule has 10 rings (SSSR count). The summed E-state index contributed by atoms with van der Waals surface area (Å²) in [5.41, 5.74) is 4.00. The standard InChI is InChI=1S/C45H28N4S/c1-3-12-29(13-4-1)32-24-27-35-34-16-7-9-19-38(34)49(39(35)28-32)33-25-22-31(23-26-33)44-46-43(30-14-5-2-6-15-30)47-45(48-44)37-18-11-21-41-42(37)36-17-8-10-20-40(36)50-41/h1-28H/i1D,3D,4D,7D,9D,12D,13D,16D,19D. The van der Waals surface area contributed by atoms with Crippen molar-refractivity contribution in [3.63, 3.8) is 0 Å². The first-order chi connectivity index (χ1) is 28.5. The van der Waals surface area contributed by atoms with Crippen molar-refractivity contribution in [2.45, 2.75) is 0 Å². The maximum absolute atomic E-state index is 9.03. The fourth-order valence-corrected chi connectivity index (χ4v) is 7.73. The van der Waals surface area contributed by atoms with Gasteiger partial charge in [0.15, 0.2) is 17.5 Å². The first kappa shape index (κ1) is 20.8. The lowest BCUT2D eigenvalue weighted by Gasteiger charge is -2.12. The van der Waals surface area contributed by atoms with E-state index in [1.165, 1.54) is 4.70 Å². The highest BCUT2D eigenvalue weighted by Crippen LogP contribution is 2.40. The van der Waals surface area contributed by atoms with Gasteiger partial charge in [-0.2, -0.15) is 0 Å². The van der Waals surface area contributed by atoms with Crippen molar-refractivity contribution >= 4 is 53.3 Å². The average Bonchev–Trinajstić information content (AvgIpc) is 3.83. The van der Waals surface area contributed by atoms with Gasteiger partial charge in [-0.25, -0.2) is 15.0 Å². The topological polar surface area (TPSA) is 43.6 Å². The van der Waals surface area contributed by atoms with Crippen LogP contribution in [0.4, 0.5) is 0 Å². The predicted octanol–water partition coefficient (Wildman–Crippen LogP) is 12.0. The van der Waals surface area contributed by atoms with Gasteiger partial charge in [-0.15, -0.1) is 11.3 Å². The van der Waals surface area contributed by atoms with E-state index in [1.807, 2.05) is 78.9 Å². The van der Waals surface area contributed by atoms with Crippen LogP contribution in [0.1, 0.15) is 12.3 Å². The van der Waals surface area contributed by atoms with Crippen LogP contribution in [0.3, 0.4) is 0 Å². The van der Waals surface area contributed by atoms with E-state index in [1.54, 1.807) is 34.1 Å². The van der Waals surface area contributed by atoms with Gasteiger partial charge >= 0.3 is 0 Å². The molecule has 50 heavy (non-hydrogen) atoms. The lowest BCUT2D eigenvalue weighted by molar-refractivity contribution is 1.07. The Morgan fingerprint density at radius 1 is 0.460 bits per heavy atom. The van der Waals surface area contributed by atoms with E-state index in [2.05, 4.69) is 18.2 Å². The van der Waals surface area contributed by atoms with Crippen molar-refractivity contribution in [2.75, 3.05) is 0 Å². The summed E-state index contributed by atoms with van der Waals surface area (Å²) < 4.78 is 80.9. The largest absolute Gasteiger partial charge is 0.309 e. The summed E-state index contributed by atoms with van der Waals surface area (Å²) in [4.78, 5) is 15.0. The fraction of sp³-hybridized carbons (Fsp3) is 0. The molecule has 5 heteroatoms. The number of para-hydroxylation sites is 1. The second-order valence-electron chi connectivity index (χ2n) is 11.8. The number of aromatic nitrogens is 4. The summed E-state index contributed by atoms with van der Waals surface area (Å²) in [5.74, 6) is 1.46. The lowest BCUT2D eigenvalue weighted by atomic mass is 10.0. The van der Waals surface area contributed by atoms with Gasteiger partial charge in [-0.05, 0) is 59.6 Å². The van der Waals surface area contributed by atoms with Gasteiger partial charge < -0.3 is 4.57 Å². The monoisotopic (exact) mass is 665 g/mol. The molecule has 0 aliphatic carbocycles. The number of fused-ring (bicyclic) bond motifs is 6. The van der Waals surface area contributed by atoms with E-state index in [0.717, 1.165) is 26.6 Å². The molecule has 0 radical (unpaired) electrons. The number of benzene rings is 7. The number of rotatable bonds is 5. The Morgan fingerprint density at radius 3 is 1.98 bits per heavy atom. The van der Waals surface area contributed by atoms with Crippen molar-refractivity contribution < 1.29 is 12.3 Å². The van der Waals surface area contributed by atoms with Crippen LogP contribution in [0.5, 0.6) is 0 Å². The zero-order chi connectivity index (χ0) is 40.9. The van der Waals surface area contributed by atoms with Crippen molar-refractivity contribution in [1.29, 1.82) is 0 Å². The Labute approximate surface area is 305 Å². The fourth-order valence-electron chi connectivity index (χ4n) is 6.60. The van der Waals surface area contributed by atoms with Crippen LogP contribution >= 0.6 is 11.3 Å². The van der Waals surface area contributed by atoms with Gasteiger partial charge in [-0.3, -0.25) is 0 Å². The molecule has 0 bridgehead atoms. The van der Waals surface area contributed by atoms with Crippen LogP contribution in [0, 0.1) is 0 Å². The van der Waals surface area contributed by atoms with Crippen LogP contribution in [0.25, 0.3) is 93.0 Å². The molecule has 0 spiro atoms. The van der Waals surface area contributed by atoms with Crippen LogP contribution in [-0.4, -0.2) is 19.5 Å². The van der Waals surface area contributed by atoms with Crippen molar-refractivity contribution in [3.05, 3.63) is 170 Å². The molecule has 0 aliphatic rings. The first-order valence-electron chi connectivity index (χ1n) is 20.5. The quantitative estimate of drug-likeness (QED) is 0.184. The Bertz CT molecular complexity index is 3350. The summed E-state index contributed by atoms with van der Waals surface area (Å²) in [5, 5.41) is 3.00. The molecule has 0 atom stereocenters. The molecule has 0 aliphatic heterocycles. The third kappa shape index (κ3) is 4.71. The SMILES string of the molecule is [2H]c1c([2H])c([2H])c(-c2ccc3c4c([2H])c([2H])c([2H])c([2H])c4n(-c4ccc(-c5nc(-c6ccccc6)nc(-c6cccc7sc8ccccc8c67)n5)cc4)c3c2)c([2H])c1[2H]. The number of nitrogens with zero attached hydrogens (tertiary/aromatic N) is 4. The molecule has 0 unspecified atom stereocenters. The minimum absolute atomic E-state index is 0.00982. The van der Waals surface area contributed by atoms with E-state index in [0.29, 0.717) is 50.6 Å². The number of hydrogen-bond acceptors (Lipinski definition) is 4. The van der Waals surface area contributed by atoms with Gasteiger partial charge in [0.2, 0.25) is 0 Å². The van der Waals surface area contributed by atoms with Crippen LogP contribution in [0.15, 0.2) is 170 Å². The van der Waals surface area contributed by atoms with Gasteiger partial charge in [0, 0.05) is 53.3 Å². The maximum atomic E-state index is 9.03. The first-order valence-corrected chi connectivity index (χ1v) is 16.8. The smallest absolute Gasteiger partial charge is 0.164 e. The third-order valence-corrected chi connectivity index (χ3v) is 10.0. The summed E-state index contributed by atoms with van der Waals surface area (Å²) in [6, 6.07) is 33.1. The Balaban J connectivity index is 1.18. The molecule has 3 heterocycles. The zero-order valence-corrected chi connectivity index (χ0v) is 27.0. The minimum Gasteiger partial charge on any atom is -0.309 e. The molecule has 10 aromatic rings. The zero-order valence-electron chi connectivity index (χ0n) is 35.2. The summed E-state index contributed by atoms with van der Waals surface area (Å²) in [6.45, 7) is 0. The average molecular weight is 666 g/mol. The van der Waals surface area contributed by atoms with E-state index < -0.39 is 24.2 Å². The molecule has 4 nitrogen and oxygen atoms in total. The molecule has 234 valence electrons. The molecule has 0 N–H and O–H groups in total. The van der Waals surface area contributed by atoms with E-state index in [4.69, 9.17) is 27.3 Å². The summed E-state index contributed by atoms with van der Waals surface area (Å²) in [6.07, 6.45) is 0. The Kier molecular flexibility index (Phi) is 4.84. The third-order valence-electron chi connectivity index (χ3n) is 8.88. The second-order valence-corrected chi connectivity index (χ2v) is 12.9. The molecular weight excluding hydrogens is 629 g/mol. The second kappa shape index (κ2) is 11.6.